The smallest absolute Gasteiger partial charge is 0.201 e. The Morgan fingerprint density at radius 3 is 2.60 bits per heavy atom. The molecule has 2 aromatic carbocycles. The highest BCUT2D eigenvalue weighted by molar-refractivity contribution is 5.81. The van der Waals surface area contributed by atoms with E-state index in [1.54, 1.807) is 0 Å². The molecule has 3 rings (SSSR count). The van der Waals surface area contributed by atoms with Crippen LogP contribution in [0.3, 0.4) is 0 Å². The zero-order chi connectivity index (χ0) is 14.1. The molecule has 1 aromatic heterocycles. The number of fused-ring (bicyclic) bond motifs is 1. The zero-order valence-electron chi connectivity index (χ0n) is 11.9. The second-order valence-corrected chi connectivity index (χ2v) is 5.33. The molecule has 0 fully saturated rings. The maximum atomic E-state index is 6.10. The minimum Gasteiger partial charge on any atom is -0.369 e. The number of imidazole rings is 1. The molecule has 102 valence electrons. The van der Waals surface area contributed by atoms with Crippen LogP contribution in [0.1, 0.15) is 24.0 Å². The second kappa shape index (κ2) is 5.00. The molecule has 1 unspecified atom stereocenters. The summed E-state index contributed by atoms with van der Waals surface area (Å²) >= 11 is 0. The maximum Gasteiger partial charge on any atom is 0.201 e. The molecule has 1 heterocycles. The molecule has 0 saturated heterocycles. The van der Waals surface area contributed by atoms with E-state index in [1.807, 2.05) is 18.2 Å². The number of benzene rings is 2. The zero-order valence-corrected chi connectivity index (χ0v) is 11.9. The number of aromatic nitrogens is 2. The molecule has 3 heteroatoms. The number of nitrogens with zero attached hydrogens (tertiary/aromatic N) is 2. The Balaban J connectivity index is 2.01. The molecular weight excluding hydrogens is 246 g/mol. The van der Waals surface area contributed by atoms with Gasteiger partial charge in [0, 0.05) is 6.54 Å². The summed E-state index contributed by atoms with van der Waals surface area (Å²) in [5.74, 6) is 0.993. The van der Waals surface area contributed by atoms with Crippen LogP contribution < -0.4 is 5.73 Å². The Bertz CT molecular complexity index is 729. The van der Waals surface area contributed by atoms with Crippen molar-refractivity contribution in [3.8, 4) is 0 Å². The average Bonchev–Trinajstić information content (AvgIpc) is 2.77. The van der Waals surface area contributed by atoms with Gasteiger partial charge in [0.25, 0.3) is 0 Å². The molecule has 0 bridgehead atoms. The summed E-state index contributed by atoms with van der Waals surface area (Å²) in [5, 5.41) is 0. The third kappa shape index (κ3) is 2.16. The fourth-order valence-corrected chi connectivity index (χ4v) is 2.73. The lowest BCUT2D eigenvalue weighted by atomic mass is 10.0. The van der Waals surface area contributed by atoms with Gasteiger partial charge in [-0.25, -0.2) is 4.98 Å². The first-order valence-corrected chi connectivity index (χ1v) is 6.93. The summed E-state index contributed by atoms with van der Waals surface area (Å²) in [6.45, 7) is 5.17. The van der Waals surface area contributed by atoms with Gasteiger partial charge in [-0.1, -0.05) is 49.4 Å². The van der Waals surface area contributed by atoms with Gasteiger partial charge in [0.2, 0.25) is 5.95 Å². The van der Waals surface area contributed by atoms with Gasteiger partial charge >= 0.3 is 0 Å². The monoisotopic (exact) mass is 265 g/mol. The van der Waals surface area contributed by atoms with Crippen LogP contribution in [0, 0.1) is 6.92 Å². The van der Waals surface area contributed by atoms with Gasteiger partial charge in [-0.3, -0.25) is 0 Å². The van der Waals surface area contributed by atoms with E-state index >= 15 is 0 Å². The number of hydrogen-bond donors (Lipinski definition) is 1. The second-order valence-electron chi connectivity index (χ2n) is 5.33. The van der Waals surface area contributed by atoms with Crippen LogP contribution in [0.5, 0.6) is 0 Å². The first kappa shape index (κ1) is 12.7. The standard InChI is InChI=1S/C17H19N3/c1-12-7-6-10-15-16(12)20(17(18)19-15)11-13(2)14-8-4-3-5-9-14/h3-10,13H,11H2,1-2H3,(H2,18,19). The molecule has 3 aromatic rings. The first-order chi connectivity index (χ1) is 9.66. The van der Waals surface area contributed by atoms with E-state index in [0.29, 0.717) is 11.9 Å². The molecule has 0 aliphatic carbocycles. The quantitative estimate of drug-likeness (QED) is 0.784. The largest absolute Gasteiger partial charge is 0.369 e. The number of anilines is 1. The third-order valence-electron chi connectivity index (χ3n) is 3.82. The van der Waals surface area contributed by atoms with Crippen molar-refractivity contribution in [2.45, 2.75) is 26.3 Å². The molecular formula is C17H19N3. The Labute approximate surface area is 119 Å². The van der Waals surface area contributed by atoms with Gasteiger partial charge in [0.1, 0.15) is 0 Å². The van der Waals surface area contributed by atoms with E-state index in [2.05, 4.69) is 53.7 Å². The lowest BCUT2D eigenvalue weighted by Crippen LogP contribution is -2.09. The van der Waals surface area contributed by atoms with Crippen molar-refractivity contribution >= 4 is 17.0 Å². The van der Waals surface area contributed by atoms with Crippen molar-refractivity contribution in [3.63, 3.8) is 0 Å². The Hall–Kier alpha value is -2.29. The topological polar surface area (TPSA) is 43.8 Å². The van der Waals surface area contributed by atoms with Crippen molar-refractivity contribution in [2.75, 3.05) is 5.73 Å². The lowest BCUT2D eigenvalue weighted by molar-refractivity contribution is 0.616. The van der Waals surface area contributed by atoms with Gasteiger partial charge in [0.15, 0.2) is 0 Å². The van der Waals surface area contributed by atoms with Crippen LogP contribution in [0.2, 0.25) is 0 Å². The summed E-state index contributed by atoms with van der Waals surface area (Å²) in [7, 11) is 0. The van der Waals surface area contributed by atoms with Crippen LogP contribution >= 0.6 is 0 Å². The van der Waals surface area contributed by atoms with Crippen molar-refractivity contribution in [2.24, 2.45) is 0 Å². The molecule has 3 nitrogen and oxygen atoms in total. The highest BCUT2D eigenvalue weighted by atomic mass is 15.2. The molecule has 0 aliphatic heterocycles. The molecule has 2 N–H and O–H groups in total. The summed E-state index contributed by atoms with van der Waals surface area (Å²) < 4.78 is 2.13. The highest BCUT2D eigenvalue weighted by Crippen LogP contribution is 2.25. The lowest BCUT2D eigenvalue weighted by Gasteiger charge is -2.15. The number of nitrogen functional groups attached to an aromatic ring is 1. The number of para-hydroxylation sites is 1. The Morgan fingerprint density at radius 1 is 1.10 bits per heavy atom. The predicted molar refractivity (Wildman–Crippen MR) is 83.7 cm³/mol. The van der Waals surface area contributed by atoms with Crippen LogP contribution in [-0.4, -0.2) is 9.55 Å². The van der Waals surface area contributed by atoms with Gasteiger partial charge < -0.3 is 10.3 Å². The van der Waals surface area contributed by atoms with E-state index in [4.69, 9.17) is 5.73 Å². The van der Waals surface area contributed by atoms with Crippen molar-refractivity contribution in [1.29, 1.82) is 0 Å². The van der Waals surface area contributed by atoms with Crippen molar-refractivity contribution < 1.29 is 0 Å². The maximum absolute atomic E-state index is 6.10. The van der Waals surface area contributed by atoms with Crippen molar-refractivity contribution in [1.82, 2.24) is 9.55 Å². The van der Waals surface area contributed by atoms with Crippen LogP contribution in [0.15, 0.2) is 48.5 Å². The van der Waals surface area contributed by atoms with Crippen molar-refractivity contribution in [3.05, 3.63) is 59.7 Å². The summed E-state index contributed by atoms with van der Waals surface area (Å²) in [5.41, 5.74) is 10.8. The van der Waals surface area contributed by atoms with E-state index in [-0.39, 0.29) is 0 Å². The molecule has 20 heavy (non-hydrogen) atoms. The molecule has 0 aliphatic rings. The summed E-state index contributed by atoms with van der Waals surface area (Å²) in [6.07, 6.45) is 0. The van der Waals surface area contributed by atoms with Gasteiger partial charge in [0.05, 0.1) is 11.0 Å². The number of rotatable bonds is 3. The molecule has 0 saturated carbocycles. The van der Waals surface area contributed by atoms with Crippen LogP contribution in [0.4, 0.5) is 5.95 Å². The van der Waals surface area contributed by atoms with E-state index in [1.165, 1.54) is 11.1 Å². The number of nitrogens with two attached hydrogens (primary N) is 1. The summed E-state index contributed by atoms with van der Waals surface area (Å²) in [4.78, 5) is 4.46. The molecule has 0 radical (unpaired) electrons. The molecule has 1 atom stereocenters. The molecule has 0 amide bonds. The number of aryl methyl sites for hydroxylation is 1. The van der Waals surface area contributed by atoms with E-state index in [0.717, 1.165) is 17.6 Å². The van der Waals surface area contributed by atoms with Gasteiger partial charge in [-0.2, -0.15) is 0 Å². The van der Waals surface area contributed by atoms with E-state index in [9.17, 15) is 0 Å². The Morgan fingerprint density at radius 2 is 1.85 bits per heavy atom. The fourth-order valence-electron chi connectivity index (χ4n) is 2.73. The van der Waals surface area contributed by atoms with E-state index < -0.39 is 0 Å². The molecule has 0 spiro atoms. The first-order valence-electron chi connectivity index (χ1n) is 6.93. The van der Waals surface area contributed by atoms with Crippen LogP contribution in [0.25, 0.3) is 11.0 Å². The Kier molecular flexibility index (Phi) is 3.18. The average molecular weight is 265 g/mol. The van der Waals surface area contributed by atoms with Gasteiger partial charge in [-0.15, -0.1) is 0 Å². The third-order valence-corrected chi connectivity index (χ3v) is 3.82. The van der Waals surface area contributed by atoms with Crippen LogP contribution in [-0.2, 0) is 6.54 Å². The number of hydrogen-bond acceptors (Lipinski definition) is 2. The fraction of sp³-hybridized carbons (Fsp3) is 0.235. The highest BCUT2D eigenvalue weighted by Gasteiger charge is 2.13. The minimum atomic E-state index is 0.399. The minimum absolute atomic E-state index is 0.399. The normalized spacial score (nSPS) is 12.7. The van der Waals surface area contributed by atoms with Gasteiger partial charge in [-0.05, 0) is 30.0 Å². The summed E-state index contributed by atoms with van der Waals surface area (Å²) in [6, 6.07) is 16.7. The SMILES string of the molecule is Cc1cccc2nc(N)n(CC(C)c3ccccc3)c12. The predicted octanol–water partition coefficient (Wildman–Crippen LogP) is 3.73.